The van der Waals surface area contributed by atoms with Gasteiger partial charge in [0, 0.05) is 0 Å². The van der Waals surface area contributed by atoms with Crippen LogP contribution in [0.1, 0.15) is 0 Å². The van der Waals surface area contributed by atoms with Crippen molar-refractivity contribution in [2.45, 2.75) is 0 Å². The molecule has 0 aliphatic heterocycles. The van der Waals surface area contributed by atoms with E-state index in [0.717, 1.165) is 0 Å². The van der Waals surface area contributed by atoms with Gasteiger partial charge in [0.05, 0.1) is 12.4 Å². The van der Waals surface area contributed by atoms with Crippen LogP contribution < -0.4 is 0 Å². The number of aromatic nitrogens is 3. The van der Waals surface area contributed by atoms with E-state index in [2.05, 4.69) is 15.4 Å². The summed E-state index contributed by atoms with van der Waals surface area (Å²) in [5, 5.41) is 10.1. The first-order valence-corrected chi connectivity index (χ1v) is 1.58. The molecule has 0 N–H and O–H groups in total. The molecule has 0 atom stereocenters. The molecule has 1 rings (SSSR count). The highest BCUT2D eigenvalue weighted by atomic mass is 35.5. The molecular formula is C3H5Cl2N3. The van der Waals surface area contributed by atoms with Crippen molar-refractivity contribution in [3.8, 4) is 0 Å². The van der Waals surface area contributed by atoms with E-state index in [1.807, 2.05) is 0 Å². The van der Waals surface area contributed by atoms with Gasteiger partial charge in [-0.3, -0.25) is 0 Å². The highest BCUT2D eigenvalue weighted by molar-refractivity contribution is 5.85. The maximum Gasteiger partial charge on any atom is 0.0529 e. The van der Waals surface area contributed by atoms with Crippen molar-refractivity contribution < 1.29 is 0 Å². The largest absolute Gasteiger partial charge is 0.147 e. The minimum atomic E-state index is 0. The zero-order chi connectivity index (χ0) is 4.24. The quantitative estimate of drug-likeness (QED) is 0.552. The molecule has 1 heterocycles. The molecular weight excluding hydrogens is 149 g/mol. The summed E-state index contributed by atoms with van der Waals surface area (Å²) < 4.78 is 0. The maximum absolute atomic E-state index is 3.42. The fraction of sp³-hybridized carbons (Fsp3) is 0. The molecule has 46 valence electrons. The Kier molecular flexibility index (Phi) is 8.69. The Morgan fingerprint density at radius 3 is 1.50 bits per heavy atom. The first kappa shape index (κ1) is 10.5. The summed E-state index contributed by atoms with van der Waals surface area (Å²) in [6.45, 7) is 0. The van der Waals surface area contributed by atoms with E-state index >= 15 is 0 Å². The first-order valence-electron chi connectivity index (χ1n) is 1.58. The predicted octanol–water partition coefficient (Wildman–Crippen LogP) is 0.715. The number of hydrogen-bond donors (Lipinski definition) is 0. The second kappa shape index (κ2) is 6.59. The summed E-state index contributed by atoms with van der Waals surface area (Å²) in [7, 11) is 0. The lowest BCUT2D eigenvalue weighted by Gasteiger charge is -1.68. The van der Waals surface area contributed by atoms with Crippen molar-refractivity contribution in [1.82, 2.24) is 15.4 Å². The number of hydrogen-bond acceptors (Lipinski definition) is 3. The van der Waals surface area contributed by atoms with Crippen LogP contribution in [0.4, 0.5) is 0 Å². The normalized spacial score (nSPS) is 6.00. The molecule has 0 unspecified atom stereocenters. The molecule has 1 aromatic heterocycles. The summed E-state index contributed by atoms with van der Waals surface area (Å²) in [6, 6.07) is 1.72. The lowest BCUT2D eigenvalue weighted by atomic mass is 10.7. The van der Waals surface area contributed by atoms with Crippen molar-refractivity contribution in [1.29, 1.82) is 0 Å². The molecule has 0 spiro atoms. The van der Waals surface area contributed by atoms with E-state index < -0.39 is 0 Å². The van der Waals surface area contributed by atoms with Gasteiger partial charge in [-0.1, -0.05) is 0 Å². The average Bonchev–Trinajstić information content (AvgIpc) is 1.72. The van der Waals surface area contributed by atoms with Crippen LogP contribution in [0.3, 0.4) is 0 Å². The van der Waals surface area contributed by atoms with Crippen molar-refractivity contribution in [3.05, 3.63) is 18.5 Å². The fourth-order valence-corrected chi connectivity index (χ4v) is 0.205. The standard InChI is InChI=1S/C3H3N3.2ClH/c1-2-4-6-5-3-1;;/h1-3H;2*1H. The highest BCUT2D eigenvalue weighted by Gasteiger charge is 1.60. The molecule has 0 saturated carbocycles. The molecule has 0 bridgehead atoms. The van der Waals surface area contributed by atoms with Gasteiger partial charge in [0.25, 0.3) is 0 Å². The third kappa shape index (κ3) is 3.77. The number of rotatable bonds is 0. The van der Waals surface area contributed by atoms with Gasteiger partial charge in [-0.15, -0.1) is 35.0 Å². The molecule has 3 nitrogen and oxygen atoms in total. The van der Waals surface area contributed by atoms with Crippen LogP contribution in [0.25, 0.3) is 0 Å². The van der Waals surface area contributed by atoms with Gasteiger partial charge in [-0.05, 0) is 11.3 Å². The van der Waals surface area contributed by atoms with E-state index in [-0.39, 0.29) is 24.8 Å². The van der Waals surface area contributed by atoms with Gasteiger partial charge in [-0.2, -0.15) is 0 Å². The number of nitrogens with zero attached hydrogens (tertiary/aromatic N) is 3. The molecule has 0 radical (unpaired) electrons. The van der Waals surface area contributed by atoms with E-state index in [4.69, 9.17) is 0 Å². The van der Waals surface area contributed by atoms with Crippen molar-refractivity contribution >= 4 is 24.8 Å². The number of halogens is 2. The average molecular weight is 154 g/mol. The zero-order valence-electron chi connectivity index (χ0n) is 3.89. The molecule has 0 aliphatic rings. The minimum absolute atomic E-state index is 0. The lowest BCUT2D eigenvalue weighted by Crippen LogP contribution is -1.78. The lowest BCUT2D eigenvalue weighted by molar-refractivity contribution is 0.865. The predicted molar refractivity (Wildman–Crippen MR) is 34.3 cm³/mol. The molecule has 5 heteroatoms. The van der Waals surface area contributed by atoms with Crippen LogP contribution in [0.5, 0.6) is 0 Å². The molecule has 0 amide bonds. The van der Waals surface area contributed by atoms with E-state index in [0.29, 0.717) is 0 Å². The van der Waals surface area contributed by atoms with Gasteiger partial charge >= 0.3 is 0 Å². The maximum atomic E-state index is 3.42. The summed E-state index contributed by atoms with van der Waals surface area (Å²) >= 11 is 0. The molecule has 1 aromatic rings. The Balaban J connectivity index is 0. The Morgan fingerprint density at radius 2 is 1.38 bits per heavy atom. The van der Waals surface area contributed by atoms with Gasteiger partial charge in [-0.25, -0.2) is 0 Å². The van der Waals surface area contributed by atoms with Crippen molar-refractivity contribution in [2.24, 2.45) is 0 Å². The third-order valence-corrected chi connectivity index (χ3v) is 0.409. The Bertz CT molecular complexity index is 84.5. The van der Waals surface area contributed by atoms with E-state index in [9.17, 15) is 0 Å². The van der Waals surface area contributed by atoms with E-state index in [1.165, 1.54) is 0 Å². The fourth-order valence-electron chi connectivity index (χ4n) is 0.205. The molecule has 0 fully saturated rings. The van der Waals surface area contributed by atoms with Gasteiger partial charge in [0.1, 0.15) is 0 Å². The zero-order valence-corrected chi connectivity index (χ0v) is 5.52. The van der Waals surface area contributed by atoms with Gasteiger partial charge in [0.2, 0.25) is 0 Å². The Morgan fingerprint density at radius 1 is 0.875 bits per heavy atom. The monoisotopic (exact) mass is 153 g/mol. The Labute approximate surface area is 59.3 Å². The van der Waals surface area contributed by atoms with Crippen molar-refractivity contribution in [3.63, 3.8) is 0 Å². The molecule has 0 aliphatic carbocycles. The van der Waals surface area contributed by atoms with Gasteiger partial charge in [0.15, 0.2) is 0 Å². The first-order chi connectivity index (χ1) is 3.00. The summed E-state index contributed by atoms with van der Waals surface area (Å²) in [5.74, 6) is 0. The third-order valence-electron chi connectivity index (χ3n) is 0.409. The highest BCUT2D eigenvalue weighted by Crippen LogP contribution is 1.61. The van der Waals surface area contributed by atoms with Crippen LogP contribution in [0.2, 0.25) is 0 Å². The molecule has 0 aromatic carbocycles. The second-order valence-electron chi connectivity index (χ2n) is 0.811. The topological polar surface area (TPSA) is 38.7 Å². The molecule has 8 heavy (non-hydrogen) atoms. The van der Waals surface area contributed by atoms with E-state index in [1.54, 1.807) is 18.5 Å². The van der Waals surface area contributed by atoms with Gasteiger partial charge < -0.3 is 0 Å². The van der Waals surface area contributed by atoms with Crippen molar-refractivity contribution in [2.75, 3.05) is 0 Å². The smallest absolute Gasteiger partial charge is 0.0529 e. The molecule has 0 saturated heterocycles. The summed E-state index contributed by atoms with van der Waals surface area (Å²) in [6.07, 6.45) is 3.15. The Hall–Kier alpha value is -0.410. The van der Waals surface area contributed by atoms with Crippen LogP contribution in [-0.2, 0) is 0 Å². The van der Waals surface area contributed by atoms with Crippen LogP contribution in [0.15, 0.2) is 18.5 Å². The van der Waals surface area contributed by atoms with Crippen LogP contribution in [-0.4, -0.2) is 15.4 Å². The summed E-state index contributed by atoms with van der Waals surface area (Å²) in [4.78, 5) is 0. The second-order valence-corrected chi connectivity index (χ2v) is 0.811. The minimum Gasteiger partial charge on any atom is -0.147 e. The summed E-state index contributed by atoms with van der Waals surface area (Å²) in [5.41, 5.74) is 0. The van der Waals surface area contributed by atoms with Crippen LogP contribution >= 0.6 is 24.8 Å². The van der Waals surface area contributed by atoms with Crippen LogP contribution in [0, 0.1) is 0 Å². The SMILES string of the molecule is Cl.Cl.c1cnnnc1.